The van der Waals surface area contributed by atoms with Gasteiger partial charge >= 0.3 is 0 Å². The lowest BCUT2D eigenvalue weighted by molar-refractivity contribution is 0.514. The van der Waals surface area contributed by atoms with E-state index in [1.54, 1.807) is 0 Å². The second-order valence-electron chi connectivity index (χ2n) is 4.73. The van der Waals surface area contributed by atoms with Crippen LogP contribution in [0, 0.1) is 0 Å². The summed E-state index contributed by atoms with van der Waals surface area (Å²) in [6.45, 7) is 5.66. The second-order valence-corrected chi connectivity index (χ2v) is 4.99. The lowest BCUT2D eigenvalue weighted by atomic mass is 10.0. The maximum Gasteiger partial charge on any atom is 0.128 e. The molecule has 1 aromatic rings. The van der Waals surface area contributed by atoms with Crippen LogP contribution in [0.15, 0.2) is 18.3 Å². The van der Waals surface area contributed by atoms with Crippen LogP contribution >= 0.6 is 11.6 Å². The van der Waals surface area contributed by atoms with Crippen molar-refractivity contribution in [1.82, 2.24) is 4.98 Å². The summed E-state index contributed by atoms with van der Waals surface area (Å²) in [5.74, 6) is 1.61. The van der Waals surface area contributed by atoms with Gasteiger partial charge in [0, 0.05) is 24.2 Å². The van der Waals surface area contributed by atoms with E-state index < -0.39 is 0 Å². The van der Waals surface area contributed by atoms with E-state index in [0.29, 0.717) is 5.88 Å². The Kier molecular flexibility index (Phi) is 2.87. The third-order valence-electron chi connectivity index (χ3n) is 3.14. The van der Waals surface area contributed by atoms with Crippen LogP contribution in [0.25, 0.3) is 0 Å². The van der Waals surface area contributed by atoms with E-state index in [4.69, 9.17) is 11.6 Å². The zero-order chi connectivity index (χ0) is 10.9. The number of anilines is 1. The summed E-state index contributed by atoms with van der Waals surface area (Å²) < 4.78 is 0. The minimum atomic E-state index is 0.246. The van der Waals surface area contributed by atoms with E-state index in [-0.39, 0.29) is 5.54 Å². The first-order chi connectivity index (χ1) is 7.13. The highest BCUT2D eigenvalue weighted by atomic mass is 35.5. The average molecular weight is 225 g/mol. The summed E-state index contributed by atoms with van der Waals surface area (Å²) in [4.78, 5) is 6.85. The maximum absolute atomic E-state index is 5.74. The summed E-state index contributed by atoms with van der Waals surface area (Å²) in [5.41, 5.74) is 1.33. The molecular formula is C12H17ClN2. The molecule has 1 fully saturated rings. The molecule has 0 N–H and O–H groups in total. The zero-order valence-electron chi connectivity index (χ0n) is 9.33. The minimum absolute atomic E-state index is 0.246. The van der Waals surface area contributed by atoms with Crippen LogP contribution in [0.5, 0.6) is 0 Å². The predicted molar refractivity (Wildman–Crippen MR) is 64.5 cm³/mol. The van der Waals surface area contributed by atoms with Crippen molar-refractivity contribution in [2.45, 2.75) is 38.1 Å². The molecule has 2 nitrogen and oxygen atoms in total. The zero-order valence-corrected chi connectivity index (χ0v) is 10.1. The monoisotopic (exact) mass is 224 g/mol. The molecule has 1 aliphatic heterocycles. The largest absolute Gasteiger partial charge is 0.352 e. The van der Waals surface area contributed by atoms with Gasteiger partial charge < -0.3 is 4.90 Å². The molecule has 0 bridgehead atoms. The Hall–Kier alpha value is -0.760. The van der Waals surface area contributed by atoms with E-state index >= 15 is 0 Å². The first-order valence-corrected chi connectivity index (χ1v) is 5.95. The standard InChI is InChI=1S/C12H17ClN2/c1-12(2)6-3-7-15(12)11-5-4-10(8-13)9-14-11/h4-5,9H,3,6-8H2,1-2H3. The number of rotatable bonds is 2. The normalized spacial score (nSPS) is 19.5. The Morgan fingerprint density at radius 3 is 2.73 bits per heavy atom. The molecule has 0 amide bonds. The van der Waals surface area contributed by atoms with Crippen LogP contribution in [0.3, 0.4) is 0 Å². The van der Waals surface area contributed by atoms with E-state index in [0.717, 1.165) is 17.9 Å². The smallest absolute Gasteiger partial charge is 0.128 e. The lowest BCUT2D eigenvalue weighted by Crippen LogP contribution is -2.38. The quantitative estimate of drug-likeness (QED) is 0.718. The number of nitrogens with zero attached hydrogens (tertiary/aromatic N) is 2. The molecule has 0 radical (unpaired) electrons. The summed E-state index contributed by atoms with van der Waals surface area (Å²) in [5, 5.41) is 0. The van der Waals surface area contributed by atoms with Crippen LogP contribution in [0.1, 0.15) is 32.3 Å². The molecule has 3 heteroatoms. The highest BCUT2D eigenvalue weighted by Crippen LogP contribution is 2.32. The van der Waals surface area contributed by atoms with E-state index in [9.17, 15) is 0 Å². The van der Waals surface area contributed by atoms with Gasteiger partial charge in [0.1, 0.15) is 5.82 Å². The number of pyridine rings is 1. The number of alkyl halides is 1. The van der Waals surface area contributed by atoms with E-state index in [1.165, 1.54) is 12.8 Å². The van der Waals surface area contributed by atoms with Crippen LogP contribution < -0.4 is 4.90 Å². The van der Waals surface area contributed by atoms with Gasteiger partial charge in [0.15, 0.2) is 0 Å². The van der Waals surface area contributed by atoms with Crippen molar-refractivity contribution < 1.29 is 0 Å². The molecule has 1 aromatic heterocycles. The van der Waals surface area contributed by atoms with Gasteiger partial charge in [-0.3, -0.25) is 0 Å². The van der Waals surface area contributed by atoms with Crippen molar-refractivity contribution in [2.24, 2.45) is 0 Å². The highest BCUT2D eigenvalue weighted by Gasteiger charge is 2.32. The molecule has 0 saturated carbocycles. The summed E-state index contributed by atoms with van der Waals surface area (Å²) in [7, 11) is 0. The van der Waals surface area contributed by atoms with Gasteiger partial charge in [-0.25, -0.2) is 4.98 Å². The maximum atomic E-state index is 5.74. The first-order valence-electron chi connectivity index (χ1n) is 5.42. The van der Waals surface area contributed by atoms with Gasteiger partial charge in [0.2, 0.25) is 0 Å². The van der Waals surface area contributed by atoms with Crippen LogP contribution in [-0.4, -0.2) is 17.1 Å². The molecule has 0 spiro atoms. The van der Waals surface area contributed by atoms with E-state index in [1.807, 2.05) is 6.20 Å². The van der Waals surface area contributed by atoms with Crippen LogP contribution in [0.4, 0.5) is 5.82 Å². The third-order valence-corrected chi connectivity index (χ3v) is 3.45. The Balaban J connectivity index is 2.22. The molecule has 82 valence electrons. The second kappa shape index (κ2) is 4.01. The number of hydrogen-bond donors (Lipinski definition) is 0. The highest BCUT2D eigenvalue weighted by molar-refractivity contribution is 6.17. The van der Waals surface area contributed by atoms with Gasteiger partial charge in [0.05, 0.1) is 0 Å². The van der Waals surface area contributed by atoms with Gasteiger partial charge in [-0.15, -0.1) is 11.6 Å². The van der Waals surface area contributed by atoms with Crippen molar-refractivity contribution in [3.8, 4) is 0 Å². The predicted octanol–water partition coefficient (Wildman–Crippen LogP) is 3.20. The molecule has 0 unspecified atom stereocenters. The van der Waals surface area contributed by atoms with Gasteiger partial charge in [-0.05, 0) is 38.3 Å². The summed E-state index contributed by atoms with van der Waals surface area (Å²) in [6, 6.07) is 4.13. The Morgan fingerprint density at radius 1 is 1.47 bits per heavy atom. The fourth-order valence-corrected chi connectivity index (χ4v) is 2.35. The summed E-state index contributed by atoms with van der Waals surface area (Å²) in [6.07, 6.45) is 4.37. The minimum Gasteiger partial charge on any atom is -0.352 e. The average Bonchev–Trinajstić information content (AvgIpc) is 2.58. The summed E-state index contributed by atoms with van der Waals surface area (Å²) >= 11 is 5.74. The SMILES string of the molecule is CC1(C)CCCN1c1ccc(CCl)cn1. The topological polar surface area (TPSA) is 16.1 Å². The van der Waals surface area contributed by atoms with Crippen LogP contribution in [-0.2, 0) is 5.88 Å². The molecule has 1 saturated heterocycles. The van der Waals surface area contributed by atoms with Crippen molar-refractivity contribution in [3.63, 3.8) is 0 Å². The van der Waals surface area contributed by atoms with Crippen molar-refractivity contribution in [3.05, 3.63) is 23.9 Å². The van der Waals surface area contributed by atoms with E-state index in [2.05, 4.69) is 35.9 Å². The van der Waals surface area contributed by atoms with Crippen molar-refractivity contribution >= 4 is 17.4 Å². The van der Waals surface area contributed by atoms with Crippen molar-refractivity contribution in [2.75, 3.05) is 11.4 Å². The van der Waals surface area contributed by atoms with Gasteiger partial charge in [0.25, 0.3) is 0 Å². The van der Waals surface area contributed by atoms with Gasteiger partial charge in [-0.1, -0.05) is 6.07 Å². The Bertz CT molecular complexity index is 332. The molecule has 1 aliphatic rings. The lowest BCUT2D eigenvalue weighted by Gasteiger charge is -2.32. The molecule has 15 heavy (non-hydrogen) atoms. The number of hydrogen-bond acceptors (Lipinski definition) is 2. The third kappa shape index (κ3) is 2.10. The Morgan fingerprint density at radius 2 is 2.27 bits per heavy atom. The fraction of sp³-hybridized carbons (Fsp3) is 0.583. The van der Waals surface area contributed by atoms with Crippen LogP contribution in [0.2, 0.25) is 0 Å². The molecule has 2 heterocycles. The first kappa shape index (κ1) is 10.7. The molecule has 0 aliphatic carbocycles. The molecular weight excluding hydrogens is 208 g/mol. The molecule has 0 aromatic carbocycles. The van der Waals surface area contributed by atoms with Crippen molar-refractivity contribution in [1.29, 1.82) is 0 Å². The molecule has 2 rings (SSSR count). The van der Waals surface area contributed by atoms with Gasteiger partial charge in [-0.2, -0.15) is 0 Å². The number of halogens is 1. The number of aromatic nitrogens is 1. The fourth-order valence-electron chi connectivity index (χ4n) is 2.19. The molecule has 0 atom stereocenters. The Labute approximate surface area is 96.3 Å².